The zero-order chi connectivity index (χ0) is 15.4. The molecule has 1 heterocycles. The fourth-order valence-corrected chi connectivity index (χ4v) is 2.94. The Labute approximate surface area is 134 Å². The molecule has 1 saturated heterocycles. The van der Waals surface area contributed by atoms with Crippen molar-refractivity contribution in [1.29, 1.82) is 0 Å². The van der Waals surface area contributed by atoms with Gasteiger partial charge in [-0.2, -0.15) is 0 Å². The molecular weight excluding hydrogens is 334 g/mol. The molecule has 2 atom stereocenters. The van der Waals surface area contributed by atoms with Crippen LogP contribution >= 0.6 is 15.9 Å². The Hall–Kier alpha value is -1.07. The van der Waals surface area contributed by atoms with Crippen LogP contribution in [-0.2, 0) is 4.79 Å². The number of amides is 1. The summed E-state index contributed by atoms with van der Waals surface area (Å²) in [5.74, 6) is 0.584. The molecule has 2 rings (SSSR count). The van der Waals surface area contributed by atoms with Crippen molar-refractivity contribution in [2.45, 2.75) is 45.3 Å². The summed E-state index contributed by atoms with van der Waals surface area (Å²) in [6.07, 6.45) is 2.14. The average molecular weight is 356 g/mol. The monoisotopic (exact) mass is 355 g/mol. The Morgan fingerprint density at radius 3 is 2.57 bits per heavy atom. The van der Waals surface area contributed by atoms with E-state index in [1.165, 1.54) is 6.42 Å². The van der Waals surface area contributed by atoms with Gasteiger partial charge in [-0.25, -0.2) is 0 Å². The first-order chi connectivity index (χ1) is 9.99. The van der Waals surface area contributed by atoms with Crippen LogP contribution in [0.25, 0.3) is 0 Å². The number of piperidine rings is 1. The molecule has 116 valence electrons. The van der Waals surface area contributed by atoms with Gasteiger partial charge in [0.1, 0.15) is 5.75 Å². The van der Waals surface area contributed by atoms with E-state index in [2.05, 4.69) is 15.9 Å². The van der Waals surface area contributed by atoms with Gasteiger partial charge in [-0.3, -0.25) is 4.79 Å². The number of carbonyl (C=O) groups excluding carboxylic acids is 1. The van der Waals surface area contributed by atoms with Crippen molar-refractivity contribution in [3.8, 4) is 5.75 Å². The van der Waals surface area contributed by atoms with Gasteiger partial charge < -0.3 is 14.7 Å². The predicted octanol–water partition coefficient (Wildman–Crippen LogP) is 3.28. The maximum Gasteiger partial charge on any atom is 0.263 e. The molecule has 0 bridgehead atoms. The SMILES string of the molecule is CC(Oc1ccc(Br)cc1[C@H](C)O)C(=O)N1CCCCC1. The van der Waals surface area contributed by atoms with Crippen LogP contribution < -0.4 is 4.74 Å². The highest BCUT2D eigenvalue weighted by Crippen LogP contribution is 2.29. The Bertz CT molecular complexity index is 498. The number of ether oxygens (including phenoxy) is 1. The summed E-state index contributed by atoms with van der Waals surface area (Å²) in [7, 11) is 0. The molecule has 4 nitrogen and oxygen atoms in total. The number of carbonyl (C=O) groups is 1. The second-order valence-corrected chi connectivity index (χ2v) is 6.42. The molecule has 5 heteroatoms. The normalized spacial score (nSPS) is 18.2. The summed E-state index contributed by atoms with van der Waals surface area (Å²) in [5.41, 5.74) is 0.683. The van der Waals surface area contributed by atoms with Crippen LogP contribution in [0.3, 0.4) is 0 Å². The fourth-order valence-electron chi connectivity index (χ4n) is 2.57. The highest BCUT2D eigenvalue weighted by Gasteiger charge is 2.24. The molecule has 0 saturated carbocycles. The summed E-state index contributed by atoms with van der Waals surface area (Å²) in [6.45, 7) is 5.09. The smallest absolute Gasteiger partial charge is 0.263 e. The van der Waals surface area contributed by atoms with Crippen molar-refractivity contribution in [3.63, 3.8) is 0 Å². The quantitative estimate of drug-likeness (QED) is 0.901. The lowest BCUT2D eigenvalue weighted by Gasteiger charge is -2.29. The standard InChI is InChI=1S/C16H22BrNO3/c1-11(19)14-10-13(17)6-7-15(14)21-12(2)16(20)18-8-4-3-5-9-18/h6-7,10-12,19H,3-5,8-9H2,1-2H3/t11-,12?/m0/s1. The molecule has 1 unspecified atom stereocenters. The molecule has 0 aliphatic carbocycles. The second kappa shape index (κ2) is 7.27. The Morgan fingerprint density at radius 1 is 1.29 bits per heavy atom. The highest BCUT2D eigenvalue weighted by atomic mass is 79.9. The molecule has 0 aromatic heterocycles. The lowest BCUT2D eigenvalue weighted by atomic mass is 10.1. The molecule has 1 aromatic carbocycles. The van der Waals surface area contributed by atoms with Gasteiger partial charge in [-0.1, -0.05) is 15.9 Å². The molecule has 0 spiro atoms. The average Bonchev–Trinajstić information content (AvgIpc) is 2.49. The maximum atomic E-state index is 12.4. The van der Waals surface area contributed by atoms with Gasteiger partial charge >= 0.3 is 0 Å². The summed E-state index contributed by atoms with van der Waals surface area (Å²) >= 11 is 3.38. The summed E-state index contributed by atoms with van der Waals surface area (Å²) in [5, 5.41) is 9.83. The number of hydrogen-bond donors (Lipinski definition) is 1. The molecule has 1 aliphatic heterocycles. The number of halogens is 1. The van der Waals surface area contributed by atoms with Gasteiger partial charge in [-0.05, 0) is 51.3 Å². The molecular formula is C16H22BrNO3. The van der Waals surface area contributed by atoms with E-state index >= 15 is 0 Å². The Balaban J connectivity index is 2.08. The van der Waals surface area contributed by atoms with E-state index in [9.17, 15) is 9.90 Å². The third kappa shape index (κ3) is 4.20. The summed E-state index contributed by atoms with van der Waals surface area (Å²) < 4.78 is 6.68. The molecule has 1 aromatic rings. The summed E-state index contributed by atoms with van der Waals surface area (Å²) in [6, 6.07) is 5.45. The first kappa shape index (κ1) is 16.3. The van der Waals surface area contributed by atoms with E-state index in [1.54, 1.807) is 19.9 Å². The van der Waals surface area contributed by atoms with Crippen LogP contribution in [0.2, 0.25) is 0 Å². The van der Waals surface area contributed by atoms with Crippen molar-refractivity contribution >= 4 is 21.8 Å². The highest BCUT2D eigenvalue weighted by molar-refractivity contribution is 9.10. The van der Waals surface area contributed by atoms with Crippen molar-refractivity contribution in [2.24, 2.45) is 0 Å². The number of likely N-dealkylation sites (tertiary alicyclic amines) is 1. The van der Waals surface area contributed by atoms with Gasteiger partial charge in [0.2, 0.25) is 0 Å². The molecule has 1 amide bonds. The number of aliphatic hydroxyl groups is 1. The molecule has 1 aliphatic rings. The van der Waals surface area contributed by atoms with E-state index in [1.807, 2.05) is 17.0 Å². The maximum absolute atomic E-state index is 12.4. The second-order valence-electron chi connectivity index (χ2n) is 5.50. The van der Waals surface area contributed by atoms with Crippen LogP contribution in [0.4, 0.5) is 0 Å². The zero-order valence-corrected chi connectivity index (χ0v) is 14.1. The Kier molecular flexibility index (Phi) is 5.65. The van der Waals surface area contributed by atoms with Gasteiger partial charge in [0.15, 0.2) is 6.10 Å². The molecule has 0 radical (unpaired) electrons. The first-order valence-electron chi connectivity index (χ1n) is 7.42. The molecule has 1 N–H and O–H groups in total. The number of rotatable bonds is 4. The van der Waals surface area contributed by atoms with Gasteiger partial charge in [0, 0.05) is 23.1 Å². The van der Waals surface area contributed by atoms with E-state index in [-0.39, 0.29) is 5.91 Å². The Morgan fingerprint density at radius 2 is 1.95 bits per heavy atom. The zero-order valence-electron chi connectivity index (χ0n) is 12.5. The third-order valence-corrected chi connectivity index (χ3v) is 4.23. The predicted molar refractivity (Wildman–Crippen MR) is 85.3 cm³/mol. The fraction of sp³-hybridized carbons (Fsp3) is 0.562. The van der Waals surface area contributed by atoms with Crippen LogP contribution in [0.5, 0.6) is 5.75 Å². The van der Waals surface area contributed by atoms with E-state index in [0.717, 1.165) is 30.4 Å². The van der Waals surface area contributed by atoms with Crippen LogP contribution in [0, 0.1) is 0 Å². The minimum Gasteiger partial charge on any atom is -0.481 e. The lowest BCUT2D eigenvalue weighted by Crippen LogP contribution is -2.43. The van der Waals surface area contributed by atoms with Gasteiger partial charge in [0.05, 0.1) is 6.10 Å². The number of benzene rings is 1. The van der Waals surface area contributed by atoms with E-state index < -0.39 is 12.2 Å². The first-order valence-corrected chi connectivity index (χ1v) is 8.21. The number of aliphatic hydroxyl groups excluding tert-OH is 1. The van der Waals surface area contributed by atoms with Crippen molar-refractivity contribution in [2.75, 3.05) is 13.1 Å². The largest absolute Gasteiger partial charge is 0.481 e. The minimum absolute atomic E-state index is 0.0224. The molecule has 1 fully saturated rings. The number of hydrogen-bond acceptors (Lipinski definition) is 3. The minimum atomic E-state index is -0.644. The van der Waals surface area contributed by atoms with Crippen molar-refractivity contribution in [3.05, 3.63) is 28.2 Å². The summed E-state index contributed by atoms with van der Waals surface area (Å²) in [4.78, 5) is 14.2. The molecule has 21 heavy (non-hydrogen) atoms. The van der Waals surface area contributed by atoms with Crippen LogP contribution in [0.15, 0.2) is 22.7 Å². The van der Waals surface area contributed by atoms with Crippen molar-refractivity contribution < 1.29 is 14.6 Å². The van der Waals surface area contributed by atoms with Crippen LogP contribution in [-0.4, -0.2) is 35.1 Å². The number of nitrogens with zero attached hydrogens (tertiary/aromatic N) is 1. The van der Waals surface area contributed by atoms with Crippen LogP contribution in [0.1, 0.15) is 44.8 Å². The lowest BCUT2D eigenvalue weighted by molar-refractivity contribution is -0.138. The van der Waals surface area contributed by atoms with Gasteiger partial charge in [0.25, 0.3) is 5.91 Å². The van der Waals surface area contributed by atoms with E-state index in [0.29, 0.717) is 11.3 Å². The van der Waals surface area contributed by atoms with Gasteiger partial charge in [-0.15, -0.1) is 0 Å². The van der Waals surface area contributed by atoms with Crippen molar-refractivity contribution in [1.82, 2.24) is 4.90 Å². The van der Waals surface area contributed by atoms with E-state index in [4.69, 9.17) is 4.74 Å². The third-order valence-electron chi connectivity index (χ3n) is 3.74. The topological polar surface area (TPSA) is 49.8 Å².